The molecule has 0 fully saturated rings. The van der Waals surface area contributed by atoms with Gasteiger partial charge >= 0.3 is 5.97 Å². The number of amides is 1. The van der Waals surface area contributed by atoms with Crippen LogP contribution in [0.3, 0.4) is 0 Å². The summed E-state index contributed by atoms with van der Waals surface area (Å²) < 4.78 is 7.05. The monoisotopic (exact) mass is 369 g/mol. The molecule has 1 N–H and O–H groups in total. The SMILES string of the molecule is Cc1cc(C(=O)OCC(=O)NCc2cccs2)c(C)n1-c1ccccn1. The van der Waals surface area contributed by atoms with Gasteiger partial charge in [-0.05, 0) is 43.5 Å². The summed E-state index contributed by atoms with van der Waals surface area (Å²) >= 11 is 1.56. The van der Waals surface area contributed by atoms with Crippen LogP contribution in [-0.2, 0) is 16.1 Å². The van der Waals surface area contributed by atoms with E-state index in [4.69, 9.17) is 4.74 Å². The van der Waals surface area contributed by atoms with Gasteiger partial charge in [-0.25, -0.2) is 9.78 Å². The zero-order valence-corrected chi connectivity index (χ0v) is 15.4. The van der Waals surface area contributed by atoms with Crippen LogP contribution in [0.4, 0.5) is 0 Å². The molecule has 0 radical (unpaired) electrons. The first-order valence-corrected chi connectivity index (χ1v) is 9.01. The lowest BCUT2D eigenvalue weighted by atomic mass is 10.2. The van der Waals surface area contributed by atoms with E-state index >= 15 is 0 Å². The minimum Gasteiger partial charge on any atom is -0.452 e. The molecule has 0 aliphatic carbocycles. The van der Waals surface area contributed by atoms with Crippen molar-refractivity contribution in [2.24, 2.45) is 0 Å². The van der Waals surface area contributed by atoms with Crippen molar-refractivity contribution in [3.05, 3.63) is 69.8 Å². The lowest BCUT2D eigenvalue weighted by Gasteiger charge is -2.09. The summed E-state index contributed by atoms with van der Waals surface area (Å²) in [6.45, 7) is 3.85. The van der Waals surface area contributed by atoms with Crippen LogP contribution >= 0.6 is 11.3 Å². The number of esters is 1. The van der Waals surface area contributed by atoms with Crippen LogP contribution in [0.25, 0.3) is 5.82 Å². The minimum atomic E-state index is -0.522. The van der Waals surface area contributed by atoms with Crippen LogP contribution < -0.4 is 5.32 Å². The Balaban J connectivity index is 1.62. The Hall–Kier alpha value is -2.93. The Morgan fingerprint density at radius 1 is 1.23 bits per heavy atom. The molecular weight excluding hydrogens is 350 g/mol. The number of nitrogens with one attached hydrogen (secondary N) is 1. The first-order chi connectivity index (χ1) is 12.6. The Bertz CT molecular complexity index is 902. The molecule has 1 amide bonds. The van der Waals surface area contributed by atoms with Gasteiger partial charge in [0, 0.05) is 22.5 Å². The highest BCUT2D eigenvalue weighted by atomic mass is 32.1. The molecule has 6 nitrogen and oxygen atoms in total. The standard InChI is InChI=1S/C19H19N3O3S/c1-13-10-16(14(2)22(13)17-7-3-4-8-20-17)19(24)25-12-18(23)21-11-15-6-5-9-26-15/h3-10H,11-12H2,1-2H3,(H,21,23). The third-order valence-electron chi connectivity index (χ3n) is 3.90. The third-order valence-corrected chi connectivity index (χ3v) is 4.78. The summed E-state index contributed by atoms with van der Waals surface area (Å²) in [6.07, 6.45) is 1.70. The van der Waals surface area contributed by atoms with Crippen molar-refractivity contribution in [1.82, 2.24) is 14.9 Å². The molecule has 0 saturated heterocycles. The number of carbonyl (C=O) groups excluding carboxylic acids is 2. The fourth-order valence-corrected chi connectivity index (χ4v) is 3.31. The first-order valence-electron chi connectivity index (χ1n) is 8.13. The minimum absolute atomic E-state index is 0.308. The highest BCUT2D eigenvalue weighted by Crippen LogP contribution is 2.20. The third kappa shape index (κ3) is 4.00. The van der Waals surface area contributed by atoms with Gasteiger partial charge in [-0.3, -0.25) is 4.79 Å². The van der Waals surface area contributed by atoms with E-state index in [0.29, 0.717) is 12.1 Å². The maximum Gasteiger partial charge on any atom is 0.340 e. The maximum absolute atomic E-state index is 12.4. The van der Waals surface area contributed by atoms with E-state index in [1.54, 1.807) is 23.6 Å². The first kappa shape index (κ1) is 17.9. The summed E-state index contributed by atoms with van der Waals surface area (Å²) in [4.78, 5) is 29.6. The molecule has 0 unspecified atom stereocenters. The smallest absolute Gasteiger partial charge is 0.340 e. The highest BCUT2D eigenvalue weighted by molar-refractivity contribution is 7.09. The number of thiophene rings is 1. The molecule has 0 spiro atoms. The van der Waals surface area contributed by atoms with Gasteiger partial charge in [0.05, 0.1) is 12.1 Å². The predicted octanol–water partition coefficient (Wildman–Crippen LogP) is 3.02. The molecule has 0 aliphatic rings. The lowest BCUT2D eigenvalue weighted by molar-refractivity contribution is -0.124. The van der Waals surface area contributed by atoms with Crippen molar-refractivity contribution in [3.63, 3.8) is 0 Å². The second-order valence-electron chi connectivity index (χ2n) is 5.74. The van der Waals surface area contributed by atoms with Gasteiger partial charge in [-0.1, -0.05) is 12.1 Å². The molecule has 3 heterocycles. The maximum atomic E-state index is 12.4. The van der Waals surface area contributed by atoms with Crippen molar-refractivity contribution in [3.8, 4) is 5.82 Å². The molecule has 0 bridgehead atoms. The van der Waals surface area contributed by atoms with Crippen molar-refractivity contribution >= 4 is 23.2 Å². The number of pyridine rings is 1. The molecule has 7 heteroatoms. The van der Waals surface area contributed by atoms with Crippen LogP contribution in [0.15, 0.2) is 48.0 Å². The second-order valence-corrected chi connectivity index (χ2v) is 6.77. The largest absolute Gasteiger partial charge is 0.452 e. The molecule has 0 aromatic carbocycles. The topological polar surface area (TPSA) is 73.2 Å². The van der Waals surface area contributed by atoms with E-state index in [2.05, 4.69) is 10.3 Å². The van der Waals surface area contributed by atoms with Crippen LogP contribution in [0, 0.1) is 13.8 Å². The molecule has 0 aliphatic heterocycles. The highest BCUT2D eigenvalue weighted by Gasteiger charge is 2.19. The average molecular weight is 369 g/mol. The molecule has 26 heavy (non-hydrogen) atoms. The van der Waals surface area contributed by atoms with Gasteiger partial charge in [0.1, 0.15) is 5.82 Å². The zero-order valence-electron chi connectivity index (χ0n) is 14.6. The number of nitrogens with zero attached hydrogens (tertiary/aromatic N) is 2. The quantitative estimate of drug-likeness (QED) is 0.678. The molecule has 0 saturated carbocycles. The van der Waals surface area contributed by atoms with E-state index in [1.165, 1.54) is 0 Å². The lowest BCUT2D eigenvalue weighted by Crippen LogP contribution is -2.28. The van der Waals surface area contributed by atoms with Gasteiger partial charge in [-0.2, -0.15) is 0 Å². The van der Waals surface area contributed by atoms with Crippen molar-refractivity contribution in [2.45, 2.75) is 20.4 Å². The fraction of sp³-hybridized carbons (Fsp3) is 0.211. The van der Waals surface area contributed by atoms with Crippen LogP contribution in [0.5, 0.6) is 0 Å². The number of hydrogen-bond donors (Lipinski definition) is 1. The van der Waals surface area contributed by atoms with Crippen molar-refractivity contribution in [2.75, 3.05) is 6.61 Å². The number of ether oxygens (including phenoxy) is 1. The van der Waals surface area contributed by atoms with Crippen LogP contribution in [0.1, 0.15) is 26.6 Å². The zero-order chi connectivity index (χ0) is 18.5. The summed E-state index contributed by atoms with van der Waals surface area (Å²) in [5.41, 5.74) is 2.03. The number of aromatic nitrogens is 2. The molecular formula is C19H19N3O3S. The van der Waals surface area contributed by atoms with E-state index in [-0.39, 0.29) is 12.5 Å². The summed E-state index contributed by atoms with van der Waals surface area (Å²) in [7, 11) is 0. The van der Waals surface area contributed by atoms with Gasteiger partial charge in [0.15, 0.2) is 6.61 Å². The normalized spacial score (nSPS) is 10.5. The van der Waals surface area contributed by atoms with E-state index < -0.39 is 5.97 Å². The Kier molecular flexibility index (Phi) is 5.48. The Morgan fingerprint density at radius 2 is 2.08 bits per heavy atom. The van der Waals surface area contributed by atoms with Gasteiger partial charge in [0.25, 0.3) is 5.91 Å². The number of rotatable bonds is 6. The average Bonchev–Trinajstić information content (AvgIpc) is 3.26. The summed E-state index contributed by atoms with van der Waals surface area (Å²) in [5.74, 6) is -0.118. The molecule has 3 aromatic rings. The predicted molar refractivity (Wildman–Crippen MR) is 99.5 cm³/mol. The van der Waals surface area contributed by atoms with Crippen LogP contribution in [-0.4, -0.2) is 28.0 Å². The molecule has 0 atom stereocenters. The van der Waals surface area contributed by atoms with Gasteiger partial charge in [-0.15, -0.1) is 11.3 Å². The Morgan fingerprint density at radius 3 is 2.77 bits per heavy atom. The van der Waals surface area contributed by atoms with Gasteiger partial charge in [0.2, 0.25) is 0 Å². The number of aryl methyl sites for hydroxylation is 1. The van der Waals surface area contributed by atoms with Crippen molar-refractivity contribution in [1.29, 1.82) is 0 Å². The Labute approximate surface area is 155 Å². The second kappa shape index (κ2) is 7.97. The van der Waals surface area contributed by atoms with Gasteiger partial charge < -0.3 is 14.6 Å². The summed E-state index contributed by atoms with van der Waals surface area (Å²) in [5, 5.41) is 4.67. The van der Waals surface area contributed by atoms with Crippen LogP contribution in [0.2, 0.25) is 0 Å². The molecule has 134 valence electrons. The molecule has 3 rings (SSSR count). The molecule has 3 aromatic heterocycles. The van der Waals surface area contributed by atoms with E-state index in [0.717, 1.165) is 22.1 Å². The van der Waals surface area contributed by atoms with E-state index in [9.17, 15) is 9.59 Å². The summed E-state index contributed by atoms with van der Waals surface area (Å²) in [6, 6.07) is 11.2. The number of carbonyl (C=O) groups is 2. The van der Waals surface area contributed by atoms with Crippen molar-refractivity contribution < 1.29 is 14.3 Å². The van der Waals surface area contributed by atoms with E-state index in [1.807, 2.05) is 54.1 Å². The number of hydrogen-bond acceptors (Lipinski definition) is 5. The fourth-order valence-electron chi connectivity index (χ4n) is 2.67.